The third kappa shape index (κ3) is 5.20. The van der Waals surface area contributed by atoms with Gasteiger partial charge in [0.05, 0.1) is 5.75 Å². The van der Waals surface area contributed by atoms with Crippen LogP contribution in [0.15, 0.2) is 24.3 Å². The van der Waals surface area contributed by atoms with E-state index in [0.717, 1.165) is 0 Å². The van der Waals surface area contributed by atoms with E-state index in [0.29, 0.717) is 25.1 Å². The highest BCUT2D eigenvalue weighted by atomic mass is 32.2. The van der Waals surface area contributed by atoms with Crippen LogP contribution in [0.25, 0.3) is 0 Å². The summed E-state index contributed by atoms with van der Waals surface area (Å²) in [5.41, 5.74) is 0.568. The predicted octanol–water partition coefficient (Wildman–Crippen LogP) is 0.594. The molecule has 1 aromatic rings. The second-order valence-electron chi connectivity index (χ2n) is 3.49. The molecule has 0 amide bonds. The van der Waals surface area contributed by atoms with E-state index < -0.39 is 10.0 Å². The van der Waals surface area contributed by atoms with Crippen molar-refractivity contribution in [1.82, 2.24) is 5.32 Å². The summed E-state index contributed by atoms with van der Waals surface area (Å²) in [6.07, 6.45) is 0.424. The second-order valence-corrected chi connectivity index (χ2v) is 5.22. The molecular formula is C10H15FN2O2S. The second kappa shape index (κ2) is 5.93. The molecule has 1 rings (SSSR count). The molecule has 0 heterocycles. The number of sulfonamides is 1. The summed E-state index contributed by atoms with van der Waals surface area (Å²) in [5, 5.41) is 7.79. The SMILES string of the molecule is NS(=O)(=O)CCCNCc1ccccc1F. The van der Waals surface area contributed by atoms with E-state index in [1.165, 1.54) is 6.07 Å². The molecule has 0 radical (unpaired) electrons. The van der Waals surface area contributed by atoms with Crippen molar-refractivity contribution in [3.8, 4) is 0 Å². The third-order valence-corrected chi connectivity index (χ3v) is 2.91. The fourth-order valence-electron chi connectivity index (χ4n) is 1.26. The van der Waals surface area contributed by atoms with Gasteiger partial charge in [0.15, 0.2) is 0 Å². The van der Waals surface area contributed by atoms with E-state index in [4.69, 9.17) is 5.14 Å². The highest BCUT2D eigenvalue weighted by Gasteiger charge is 2.02. The lowest BCUT2D eigenvalue weighted by atomic mass is 10.2. The highest BCUT2D eigenvalue weighted by Crippen LogP contribution is 2.05. The molecule has 0 aliphatic carbocycles. The van der Waals surface area contributed by atoms with Crippen LogP contribution >= 0.6 is 0 Å². The Bertz CT molecular complexity index is 434. The van der Waals surface area contributed by atoms with Crippen molar-refractivity contribution in [3.63, 3.8) is 0 Å². The normalized spacial score (nSPS) is 11.6. The Kier molecular flexibility index (Phi) is 4.85. The summed E-state index contributed by atoms with van der Waals surface area (Å²) in [4.78, 5) is 0. The van der Waals surface area contributed by atoms with Crippen molar-refractivity contribution in [1.29, 1.82) is 0 Å². The molecule has 6 heteroatoms. The van der Waals surface area contributed by atoms with Gasteiger partial charge in [0.2, 0.25) is 10.0 Å². The number of rotatable bonds is 6. The number of nitrogens with one attached hydrogen (secondary N) is 1. The van der Waals surface area contributed by atoms with Crippen molar-refractivity contribution in [2.75, 3.05) is 12.3 Å². The maximum absolute atomic E-state index is 13.1. The zero-order chi connectivity index (χ0) is 12.0. The molecule has 1 aromatic carbocycles. The molecule has 0 aliphatic rings. The molecule has 0 aromatic heterocycles. The van der Waals surface area contributed by atoms with E-state index >= 15 is 0 Å². The number of benzene rings is 1. The fraction of sp³-hybridized carbons (Fsp3) is 0.400. The first-order valence-electron chi connectivity index (χ1n) is 4.93. The smallest absolute Gasteiger partial charge is 0.209 e. The molecule has 0 fully saturated rings. The Hall–Kier alpha value is -0.980. The lowest BCUT2D eigenvalue weighted by Crippen LogP contribution is -2.22. The van der Waals surface area contributed by atoms with Crippen LogP contribution in [0.4, 0.5) is 4.39 Å². The largest absolute Gasteiger partial charge is 0.313 e. The maximum atomic E-state index is 13.1. The lowest BCUT2D eigenvalue weighted by molar-refractivity contribution is 0.578. The molecule has 0 bridgehead atoms. The van der Waals surface area contributed by atoms with Crippen molar-refractivity contribution in [2.24, 2.45) is 5.14 Å². The molecule has 0 aliphatic heterocycles. The van der Waals surface area contributed by atoms with Gasteiger partial charge in [-0.2, -0.15) is 0 Å². The Morgan fingerprint density at radius 1 is 1.31 bits per heavy atom. The molecule has 3 N–H and O–H groups in total. The van der Waals surface area contributed by atoms with E-state index in [1.807, 2.05) is 0 Å². The van der Waals surface area contributed by atoms with E-state index in [1.54, 1.807) is 18.2 Å². The van der Waals surface area contributed by atoms with Gasteiger partial charge >= 0.3 is 0 Å². The van der Waals surface area contributed by atoms with Gasteiger partial charge in [0, 0.05) is 12.1 Å². The fourth-order valence-corrected chi connectivity index (χ4v) is 1.81. The zero-order valence-electron chi connectivity index (χ0n) is 8.82. The van der Waals surface area contributed by atoms with Gasteiger partial charge in [-0.15, -0.1) is 0 Å². The molecule has 4 nitrogen and oxygen atoms in total. The van der Waals surface area contributed by atoms with E-state index in [9.17, 15) is 12.8 Å². The molecule has 0 unspecified atom stereocenters. The number of hydrogen-bond donors (Lipinski definition) is 2. The van der Waals surface area contributed by atoms with Gasteiger partial charge in [-0.3, -0.25) is 0 Å². The van der Waals surface area contributed by atoms with E-state index in [-0.39, 0.29) is 11.6 Å². The van der Waals surface area contributed by atoms with Crippen LogP contribution in [-0.2, 0) is 16.6 Å². The molecular weight excluding hydrogens is 231 g/mol. The van der Waals surface area contributed by atoms with Gasteiger partial charge < -0.3 is 5.32 Å². The molecule has 90 valence electrons. The lowest BCUT2D eigenvalue weighted by Gasteiger charge is -2.05. The van der Waals surface area contributed by atoms with Crippen LogP contribution < -0.4 is 10.5 Å². The number of nitrogens with two attached hydrogens (primary N) is 1. The van der Waals surface area contributed by atoms with Gasteiger partial charge in [-0.1, -0.05) is 18.2 Å². The number of hydrogen-bond acceptors (Lipinski definition) is 3. The predicted molar refractivity (Wildman–Crippen MR) is 60.7 cm³/mol. The molecule has 0 atom stereocenters. The van der Waals surface area contributed by atoms with Crippen LogP contribution in [0, 0.1) is 5.82 Å². The highest BCUT2D eigenvalue weighted by molar-refractivity contribution is 7.89. The van der Waals surface area contributed by atoms with Crippen LogP contribution in [0.5, 0.6) is 0 Å². The average molecular weight is 246 g/mol. The van der Waals surface area contributed by atoms with Crippen molar-refractivity contribution < 1.29 is 12.8 Å². The summed E-state index contributed by atoms with van der Waals surface area (Å²) >= 11 is 0. The van der Waals surface area contributed by atoms with Crippen molar-refractivity contribution in [2.45, 2.75) is 13.0 Å². The van der Waals surface area contributed by atoms with Crippen LogP contribution in [-0.4, -0.2) is 20.7 Å². The van der Waals surface area contributed by atoms with Crippen LogP contribution in [0.3, 0.4) is 0 Å². The Morgan fingerprint density at radius 3 is 2.62 bits per heavy atom. The minimum atomic E-state index is -3.39. The monoisotopic (exact) mass is 246 g/mol. The summed E-state index contributed by atoms with van der Waals surface area (Å²) in [5.74, 6) is -0.321. The summed E-state index contributed by atoms with van der Waals surface area (Å²) in [6.45, 7) is 0.877. The van der Waals surface area contributed by atoms with Crippen molar-refractivity contribution >= 4 is 10.0 Å². The minimum Gasteiger partial charge on any atom is -0.313 e. The summed E-state index contributed by atoms with van der Waals surface area (Å²) in [6, 6.07) is 6.45. The topological polar surface area (TPSA) is 72.2 Å². The first-order valence-corrected chi connectivity index (χ1v) is 6.65. The van der Waals surface area contributed by atoms with E-state index in [2.05, 4.69) is 5.32 Å². The van der Waals surface area contributed by atoms with Gasteiger partial charge in [-0.25, -0.2) is 17.9 Å². The first kappa shape index (κ1) is 13.1. The molecule has 0 saturated carbocycles. The first-order chi connectivity index (χ1) is 7.49. The Labute approximate surface area is 94.7 Å². The van der Waals surface area contributed by atoms with Crippen LogP contribution in [0.2, 0.25) is 0 Å². The Morgan fingerprint density at radius 2 is 2.00 bits per heavy atom. The maximum Gasteiger partial charge on any atom is 0.209 e. The van der Waals surface area contributed by atoms with Gasteiger partial charge in [0.1, 0.15) is 5.82 Å². The number of halogens is 1. The molecule has 0 saturated heterocycles. The minimum absolute atomic E-state index is 0.0583. The summed E-state index contributed by atoms with van der Waals surface area (Å²) in [7, 11) is -3.39. The molecule has 16 heavy (non-hydrogen) atoms. The zero-order valence-corrected chi connectivity index (χ0v) is 9.63. The van der Waals surface area contributed by atoms with Gasteiger partial charge in [0.25, 0.3) is 0 Å². The quantitative estimate of drug-likeness (QED) is 0.722. The number of primary sulfonamides is 1. The third-order valence-electron chi connectivity index (χ3n) is 2.06. The van der Waals surface area contributed by atoms with Crippen LogP contribution in [0.1, 0.15) is 12.0 Å². The average Bonchev–Trinajstić information content (AvgIpc) is 2.18. The Balaban J connectivity index is 2.24. The standard InChI is InChI=1S/C10H15FN2O2S/c11-10-5-2-1-4-9(10)8-13-6-3-7-16(12,14)15/h1-2,4-5,13H,3,6-8H2,(H2,12,14,15). The molecule has 0 spiro atoms. The van der Waals surface area contributed by atoms with Gasteiger partial charge in [-0.05, 0) is 19.0 Å². The van der Waals surface area contributed by atoms with Crippen molar-refractivity contribution in [3.05, 3.63) is 35.6 Å². The summed E-state index contributed by atoms with van der Waals surface area (Å²) < 4.78 is 34.3.